The Balaban J connectivity index is 2.95. The van der Waals surface area contributed by atoms with Crippen LogP contribution in [0.2, 0.25) is 0 Å². The zero-order valence-electron chi connectivity index (χ0n) is 7.46. The van der Waals surface area contributed by atoms with Crippen molar-refractivity contribution in [3.05, 3.63) is 35.6 Å². The zero-order chi connectivity index (χ0) is 10.7. The van der Waals surface area contributed by atoms with Gasteiger partial charge < -0.3 is 0 Å². The molecule has 0 spiro atoms. The Hall–Kier alpha value is -1.22. The number of hydrogen-bond donors (Lipinski definition) is 0. The van der Waals surface area contributed by atoms with Crippen LogP contribution in [0, 0.1) is 5.82 Å². The van der Waals surface area contributed by atoms with Crippen LogP contribution in [0.5, 0.6) is 0 Å². The summed E-state index contributed by atoms with van der Waals surface area (Å²) in [7, 11) is 0. The standard InChI is InChI=1S/C10H8ClFO2/c1-6(13)10(14)9(11)7-3-2-4-8(12)5-7/h2-5,9H,1H3. The van der Waals surface area contributed by atoms with Gasteiger partial charge in [0.15, 0.2) is 5.78 Å². The van der Waals surface area contributed by atoms with E-state index in [1.165, 1.54) is 18.2 Å². The Kier molecular flexibility index (Phi) is 3.36. The molecule has 14 heavy (non-hydrogen) atoms. The fourth-order valence-corrected chi connectivity index (χ4v) is 1.28. The Morgan fingerprint density at radius 1 is 1.43 bits per heavy atom. The predicted octanol–water partition coefficient (Wildman–Crippen LogP) is 2.26. The molecule has 0 heterocycles. The molecule has 0 fully saturated rings. The van der Waals surface area contributed by atoms with Gasteiger partial charge in [0.2, 0.25) is 5.78 Å². The first kappa shape index (κ1) is 10.9. The summed E-state index contributed by atoms with van der Waals surface area (Å²) < 4.78 is 12.7. The van der Waals surface area contributed by atoms with E-state index in [-0.39, 0.29) is 0 Å². The second-order valence-electron chi connectivity index (χ2n) is 2.84. The van der Waals surface area contributed by atoms with Crippen molar-refractivity contribution in [1.82, 2.24) is 0 Å². The van der Waals surface area contributed by atoms with E-state index >= 15 is 0 Å². The normalized spacial score (nSPS) is 12.2. The number of benzene rings is 1. The lowest BCUT2D eigenvalue weighted by Crippen LogP contribution is -2.15. The molecule has 0 aliphatic rings. The van der Waals surface area contributed by atoms with E-state index in [1.54, 1.807) is 0 Å². The molecule has 0 bridgehead atoms. The molecule has 1 rings (SSSR count). The van der Waals surface area contributed by atoms with Gasteiger partial charge in [-0.2, -0.15) is 0 Å². The van der Waals surface area contributed by atoms with Gasteiger partial charge in [0.25, 0.3) is 0 Å². The van der Waals surface area contributed by atoms with Crippen LogP contribution in [-0.4, -0.2) is 11.6 Å². The molecule has 0 saturated heterocycles. The third-order valence-electron chi connectivity index (χ3n) is 1.72. The summed E-state index contributed by atoms with van der Waals surface area (Å²) >= 11 is 5.69. The minimum absolute atomic E-state index is 0.298. The van der Waals surface area contributed by atoms with E-state index in [0.29, 0.717) is 5.56 Å². The summed E-state index contributed by atoms with van der Waals surface area (Å²) in [5.41, 5.74) is 0.298. The molecule has 0 N–H and O–H groups in total. The van der Waals surface area contributed by atoms with Crippen LogP contribution in [-0.2, 0) is 9.59 Å². The Bertz CT molecular complexity index is 376. The Morgan fingerprint density at radius 3 is 2.57 bits per heavy atom. The Labute approximate surface area is 85.7 Å². The minimum Gasteiger partial charge on any atom is -0.291 e. The molecular weight excluding hydrogens is 207 g/mol. The SMILES string of the molecule is CC(=O)C(=O)C(Cl)c1cccc(F)c1. The molecule has 1 atom stereocenters. The van der Waals surface area contributed by atoms with Gasteiger partial charge in [-0.05, 0) is 17.7 Å². The Morgan fingerprint density at radius 2 is 2.07 bits per heavy atom. The largest absolute Gasteiger partial charge is 0.291 e. The number of hydrogen-bond acceptors (Lipinski definition) is 2. The van der Waals surface area contributed by atoms with E-state index in [2.05, 4.69) is 0 Å². The molecule has 4 heteroatoms. The van der Waals surface area contributed by atoms with Crippen molar-refractivity contribution in [3.8, 4) is 0 Å². The summed E-state index contributed by atoms with van der Waals surface area (Å²) in [6.45, 7) is 1.14. The maximum atomic E-state index is 12.7. The lowest BCUT2D eigenvalue weighted by molar-refractivity contribution is -0.135. The van der Waals surface area contributed by atoms with Crippen LogP contribution in [0.4, 0.5) is 4.39 Å². The lowest BCUT2D eigenvalue weighted by Gasteiger charge is -2.05. The van der Waals surface area contributed by atoms with Crippen molar-refractivity contribution >= 4 is 23.2 Å². The van der Waals surface area contributed by atoms with Crippen LogP contribution in [0.3, 0.4) is 0 Å². The predicted molar refractivity (Wildman–Crippen MR) is 50.7 cm³/mol. The molecule has 0 aliphatic heterocycles. The summed E-state index contributed by atoms with van der Waals surface area (Å²) in [4.78, 5) is 21.9. The number of rotatable bonds is 3. The second-order valence-corrected chi connectivity index (χ2v) is 3.27. The highest BCUT2D eigenvalue weighted by molar-refractivity contribution is 6.48. The number of halogens is 2. The van der Waals surface area contributed by atoms with E-state index in [1.807, 2.05) is 0 Å². The topological polar surface area (TPSA) is 34.1 Å². The monoisotopic (exact) mass is 214 g/mol. The highest BCUT2D eigenvalue weighted by Gasteiger charge is 2.21. The average molecular weight is 215 g/mol. The molecular formula is C10H8ClFO2. The van der Waals surface area contributed by atoms with Crippen LogP contribution in [0.1, 0.15) is 17.9 Å². The molecule has 74 valence electrons. The van der Waals surface area contributed by atoms with Crippen LogP contribution < -0.4 is 0 Å². The number of Topliss-reactive ketones (excluding diaryl/α,β-unsaturated/α-hetero) is 2. The highest BCUT2D eigenvalue weighted by Crippen LogP contribution is 2.22. The van der Waals surface area contributed by atoms with Gasteiger partial charge in [-0.3, -0.25) is 9.59 Å². The van der Waals surface area contributed by atoms with Crippen molar-refractivity contribution in [1.29, 1.82) is 0 Å². The van der Waals surface area contributed by atoms with Gasteiger partial charge in [0.05, 0.1) is 0 Å². The van der Waals surface area contributed by atoms with Crippen molar-refractivity contribution in [2.45, 2.75) is 12.3 Å². The molecule has 1 unspecified atom stereocenters. The first-order valence-corrected chi connectivity index (χ1v) is 4.40. The smallest absolute Gasteiger partial charge is 0.220 e. The van der Waals surface area contributed by atoms with E-state index in [0.717, 1.165) is 13.0 Å². The first-order valence-electron chi connectivity index (χ1n) is 3.96. The quantitative estimate of drug-likeness (QED) is 0.571. The lowest BCUT2D eigenvalue weighted by atomic mass is 10.1. The van der Waals surface area contributed by atoms with Gasteiger partial charge in [-0.15, -0.1) is 11.6 Å². The van der Waals surface area contributed by atoms with E-state index in [4.69, 9.17) is 11.6 Å². The van der Waals surface area contributed by atoms with Crippen molar-refractivity contribution in [2.24, 2.45) is 0 Å². The minimum atomic E-state index is -1.09. The van der Waals surface area contributed by atoms with Crippen LogP contribution >= 0.6 is 11.6 Å². The summed E-state index contributed by atoms with van der Waals surface area (Å²) in [6.07, 6.45) is 0. The molecule has 0 saturated carbocycles. The van der Waals surface area contributed by atoms with Gasteiger partial charge in [-0.1, -0.05) is 12.1 Å². The van der Waals surface area contributed by atoms with Gasteiger partial charge in [-0.25, -0.2) is 4.39 Å². The molecule has 0 aromatic heterocycles. The summed E-state index contributed by atoms with van der Waals surface area (Å²) in [5.74, 6) is -1.84. The van der Waals surface area contributed by atoms with Crippen LogP contribution in [0.15, 0.2) is 24.3 Å². The molecule has 0 radical (unpaired) electrons. The fraction of sp³-hybridized carbons (Fsp3) is 0.200. The maximum Gasteiger partial charge on any atom is 0.220 e. The number of ketones is 2. The molecule has 1 aromatic carbocycles. The third kappa shape index (κ3) is 2.39. The number of alkyl halides is 1. The van der Waals surface area contributed by atoms with E-state index < -0.39 is 22.8 Å². The molecule has 0 amide bonds. The van der Waals surface area contributed by atoms with Crippen molar-refractivity contribution in [2.75, 3.05) is 0 Å². The van der Waals surface area contributed by atoms with E-state index in [9.17, 15) is 14.0 Å². The van der Waals surface area contributed by atoms with Gasteiger partial charge in [0.1, 0.15) is 11.2 Å². The maximum absolute atomic E-state index is 12.7. The zero-order valence-corrected chi connectivity index (χ0v) is 8.22. The third-order valence-corrected chi connectivity index (χ3v) is 2.17. The van der Waals surface area contributed by atoms with Gasteiger partial charge in [0, 0.05) is 6.92 Å². The summed E-state index contributed by atoms with van der Waals surface area (Å²) in [5, 5.41) is -1.09. The van der Waals surface area contributed by atoms with Gasteiger partial charge >= 0.3 is 0 Å². The van der Waals surface area contributed by atoms with Crippen LogP contribution in [0.25, 0.3) is 0 Å². The summed E-state index contributed by atoms with van der Waals surface area (Å²) in [6, 6.07) is 5.32. The molecule has 0 aliphatic carbocycles. The fourth-order valence-electron chi connectivity index (χ4n) is 0.994. The average Bonchev–Trinajstić information content (AvgIpc) is 2.15. The molecule has 1 aromatic rings. The first-order chi connectivity index (χ1) is 6.52. The second kappa shape index (κ2) is 4.33. The van der Waals surface area contributed by atoms with Crippen molar-refractivity contribution < 1.29 is 14.0 Å². The molecule has 2 nitrogen and oxygen atoms in total. The number of carbonyl (C=O) groups excluding carboxylic acids is 2. The van der Waals surface area contributed by atoms with Crippen molar-refractivity contribution in [3.63, 3.8) is 0 Å². The number of carbonyl (C=O) groups is 2. The highest BCUT2D eigenvalue weighted by atomic mass is 35.5.